The van der Waals surface area contributed by atoms with Gasteiger partial charge in [0.05, 0.1) is 22.6 Å². The summed E-state index contributed by atoms with van der Waals surface area (Å²) in [5.41, 5.74) is 21.2. The van der Waals surface area contributed by atoms with Gasteiger partial charge in [0.15, 0.2) is 5.82 Å². The number of rotatable bonds is 4. The Kier molecular flexibility index (Phi) is 4.20. The van der Waals surface area contributed by atoms with Crippen LogP contribution in [0.4, 0.5) is 21.6 Å². The van der Waals surface area contributed by atoms with E-state index in [1.807, 2.05) is 18.2 Å². The van der Waals surface area contributed by atoms with Crippen LogP contribution in [0.15, 0.2) is 48.8 Å². The van der Waals surface area contributed by atoms with Crippen molar-refractivity contribution in [2.75, 3.05) is 17.2 Å². The SMILES string of the molecule is Nc1ccc(-c2c(N)c3ccc(Oc4nccnc4N)cc3n2C2CCC2)cc1F. The Labute approximate surface area is 172 Å². The van der Waals surface area contributed by atoms with Crippen LogP contribution in [-0.2, 0) is 0 Å². The number of benzene rings is 2. The normalized spacial score (nSPS) is 14.0. The molecule has 1 saturated carbocycles. The largest absolute Gasteiger partial charge is 0.436 e. The summed E-state index contributed by atoms with van der Waals surface area (Å²) in [5.74, 6) is 0.569. The minimum absolute atomic E-state index is 0.112. The molecular formula is C22H21FN6O. The van der Waals surface area contributed by atoms with E-state index >= 15 is 0 Å². The van der Waals surface area contributed by atoms with E-state index < -0.39 is 5.82 Å². The van der Waals surface area contributed by atoms with Crippen LogP contribution in [0.25, 0.3) is 22.2 Å². The molecule has 0 saturated heterocycles. The van der Waals surface area contributed by atoms with Gasteiger partial charge in [-0.3, -0.25) is 0 Å². The summed E-state index contributed by atoms with van der Waals surface area (Å²) in [5, 5.41) is 0.883. The van der Waals surface area contributed by atoms with E-state index in [0.717, 1.165) is 35.9 Å². The van der Waals surface area contributed by atoms with Gasteiger partial charge in [0, 0.05) is 35.5 Å². The second-order valence-electron chi connectivity index (χ2n) is 7.48. The Morgan fingerprint density at radius 1 is 1.00 bits per heavy atom. The first-order valence-electron chi connectivity index (χ1n) is 9.76. The van der Waals surface area contributed by atoms with Crippen molar-refractivity contribution in [3.63, 3.8) is 0 Å². The summed E-state index contributed by atoms with van der Waals surface area (Å²) in [7, 11) is 0. The van der Waals surface area contributed by atoms with Crippen LogP contribution < -0.4 is 21.9 Å². The van der Waals surface area contributed by atoms with Crippen molar-refractivity contribution in [3.05, 3.63) is 54.6 Å². The number of hydrogen-bond donors (Lipinski definition) is 3. The maximum Gasteiger partial charge on any atom is 0.262 e. The first-order valence-corrected chi connectivity index (χ1v) is 9.76. The topological polar surface area (TPSA) is 118 Å². The molecule has 7 nitrogen and oxygen atoms in total. The molecule has 152 valence electrons. The highest BCUT2D eigenvalue weighted by Crippen LogP contribution is 2.45. The highest BCUT2D eigenvalue weighted by molar-refractivity contribution is 6.01. The van der Waals surface area contributed by atoms with E-state index in [-0.39, 0.29) is 23.4 Å². The number of anilines is 3. The second kappa shape index (κ2) is 6.91. The monoisotopic (exact) mass is 404 g/mol. The summed E-state index contributed by atoms with van der Waals surface area (Å²) in [6, 6.07) is 10.7. The van der Waals surface area contributed by atoms with E-state index in [2.05, 4.69) is 14.5 Å². The molecule has 1 aliphatic rings. The summed E-state index contributed by atoms with van der Waals surface area (Å²) in [6.45, 7) is 0. The first kappa shape index (κ1) is 18.2. The predicted octanol–water partition coefficient (Wildman–Crippen LogP) is 4.50. The average molecular weight is 404 g/mol. The zero-order valence-corrected chi connectivity index (χ0v) is 16.2. The molecule has 2 aromatic heterocycles. The Morgan fingerprint density at radius 2 is 1.80 bits per heavy atom. The number of halogens is 1. The molecule has 30 heavy (non-hydrogen) atoms. The summed E-state index contributed by atoms with van der Waals surface area (Å²) in [6.07, 6.45) is 6.25. The maximum atomic E-state index is 14.2. The third-order valence-electron chi connectivity index (χ3n) is 5.63. The van der Waals surface area contributed by atoms with Crippen LogP contribution in [0.2, 0.25) is 0 Å². The van der Waals surface area contributed by atoms with Gasteiger partial charge in [0.1, 0.15) is 11.6 Å². The van der Waals surface area contributed by atoms with Gasteiger partial charge in [-0.15, -0.1) is 0 Å². The lowest BCUT2D eigenvalue weighted by atomic mass is 9.92. The second-order valence-corrected chi connectivity index (χ2v) is 7.48. The lowest BCUT2D eigenvalue weighted by Gasteiger charge is -2.30. The van der Waals surface area contributed by atoms with Crippen LogP contribution in [0, 0.1) is 5.82 Å². The lowest BCUT2D eigenvalue weighted by molar-refractivity contribution is 0.324. The van der Waals surface area contributed by atoms with Crippen LogP contribution in [0.1, 0.15) is 25.3 Å². The highest BCUT2D eigenvalue weighted by atomic mass is 19.1. The molecule has 0 spiro atoms. The number of ether oxygens (including phenoxy) is 1. The molecule has 1 aliphatic carbocycles. The van der Waals surface area contributed by atoms with Crippen molar-refractivity contribution in [1.82, 2.24) is 14.5 Å². The molecule has 0 radical (unpaired) electrons. The van der Waals surface area contributed by atoms with E-state index in [0.29, 0.717) is 17.0 Å². The van der Waals surface area contributed by atoms with Crippen molar-refractivity contribution in [3.8, 4) is 22.9 Å². The first-order chi connectivity index (χ1) is 14.5. The fourth-order valence-corrected chi connectivity index (χ4v) is 3.90. The number of nitrogen functional groups attached to an aromatic ring is 3. The van der Waals surface area contributed by atoms with Gasteiger partial charge in [-0.2, -0.15) is 0 Å². The Morgan fingerprint density at radius 3 is 2.50 bits per heavy atom. The summed E-state index contributed by atoms with van der Waals surface area (Å²) < 4.78 is 22.3. The number of nitrogens with zero attached hydrogens (tertiary/aromatic N) is 3. The third-order valence-corrected chi connectivity index (χ3v) is 5.63. The van der Waals surface area contributed by atoms with Crippen molar-refractivity contribution >= 4 is 28.1 Å². The van der Waals surface area contributed by atoms with Gasteiger partial charge < -0.3 is 26.5 Å². The minimum Gasteiger partial charge on any atom is -0.436 e. The smallest absolute Gasteiger partial charge is 0.262 e. The molecule has 2 aromatic carbocycles. The molecule has 1 fully saturated rings. The molecule has 4 aromatic rings. The van der Waals surface area contributed by atoms with Crippen LogP contribution in [0.3, 0.4) is 0 Å². The molecule has 8 heteroatoms. The van der Waals surface area contributed by atoms with Gasteiger partial charge in [-0.05, 0) is 43.5 Å². The van der Waals surface area contributed by atoms with Gasteiger partial charge in [-0.1, -0.05) is 6.07 Å². The fourth-order valence-electron chi connectivity index (χ4n) is 3.90. The van der Waals surface area contributed by atoms with E-state index in [1.165, 1.54) is 18.5 Å². The van der Waals surface area contributed by atoms with E-state index in [9.17, 15) is 4.39 Å². The van der Waals surface area contributed by atoms with E-state index in [1.54, 1.807) is 12.1 Å². The summed E-state index contributed by atoms with van der Waals surface area (Å²) in [4.78, 5) is 8.13. The predicted molar refractivity (Wildman–Crippen MR) is 116 cm³/mol. The highest BCUT2D eigenvalue weighted by Gasteiger charge is 2.27. The molecule has 2 heterocycles. The standard InChI is InChI=1S/C22H21FN6O/c23-16-10-12(4-7-17(16)24)20-19(25)15-6-5-14(30-22-21(26)27-8-9-28-22)11-18(15)29(20)13-2-1-3-13/h4-11,13H,1-3,24-25H2,(H2,26,27). The van der Waals surface area contributed by atoms with Crippen LogP contribution >= 0.6 is 0 Å². The maximum absolute atomic E-state index is 14.2. The molecular weight excluding hydrogens is 383 g/mol. The van der Waals surface area contributed by atoms with Gasteiger partial charge >= 0.3 is 0 Å². The lowest BCUT2D eigenvalue weighted by Crippen LogP contribution is -2.18. The quantitative estimate of drug-likeness (QED) is 0.431. The minimum atomic E-state index is -0.459. The molecule has 0 bridgehead atoms. The number of hydrogen-bond acceptors (Lipinski definition) is 6. The van der Waals surface area contributed by atoms with Crippen LogP contribution in [-0.4, -0.2) is 14.5 Å². The van der Waals surface area contributed by atoms with Gasteiger partial charge in [-0.25, -0.2) is 14.4 Å². The van der Waals surface area contributed by atoms with Crippen molar-refractivity contribution in [1.29, 1.82) is 0 Å². The average Bonchev–Trinajstić information content (AvgIpc) is 2.97. The van der Waals surface area contributed by atoms with Crippen LogP contribution in [0.5, 0.6) is 11.6 Å². The fraction of sp³-hybridized carbons (Fsp3) is 0.182. The van der Waals surface area contributed by atoms with Crippen molar-refractivity contribution in [2.24, 2.45) is 0 Å². The molecule has 0 atom stereocenters. The Balaban J connectivity index is 1.68. The summed E-state index contributed by atoms with van der Waals surface area (Å²) >= 11 is 0. The Hall–Kier alpha value is -3.81. The van der Waals surface area contributed by atoms with E-state index in [4.69, 9.17) is 21.9 Å². The van der Waals surface area contributed by atoms with Gasteiger partial charge in [0.25, 0.3) is 5.88 Å². The number of fused-ring (bicyclic) bond motifs is 1. The molecule has 5 rings (SSSR count). The van der Waals surface area contributed by atoms with Gasteiger partial charge in [0.2, 0.25) is 0 Å². The number of aromatic nitrogens is 3. The molecule has 0 unspecified atom stereocenters. The Bertz CT molecular complexity index is 1260. The molecule has 0 amide bonds. The van der Waals surface area contributed by atoms with Crippen molar-refractivity contribution < 1.29 is 9.13 Å². The number of nitrogens with two attached hydrogens (primary N) is 3. The zero-order valence-electron chi connectivity index (χ0n) is 16.2. The molecule has 6 N–H and O–H groups in total. The van der Waals surface area contributed by atoms with Crippen molar-refractivity contribution in [2.45, 2.75) is 25.3 Å². The zero-order chi connectivity index (χ0) is 20.8. The third kappa shape index (κ3) is 2.88. The molecule has 0 aliphatic heterocycles.